The molecule has 16 heavy (non-hydrogen) atoms. The lowest BCUT2D eigenvalue weighted by molar-refractivity contribution is 0.466. The summed E-state index contributed by atoms with van der Waals surface area (Å²) in [5.74, 6) is -0.257. The molecule has 0 atom stereocenters. The van der Waals surface area contributed by atoms with Crippen LogP contribution in [0.4, 0.5) is 0 Å². The van der Waals surface area contributed by atoms with Crippen molar-refractivity contribution in [2.45, 2.75) is 6.42 Å². The van der Waals surface area contributed by atoms with E-state index in [-0.39, 0.29) is 28.9 Å². The molecule has 0 fully saturated rings. The predicted molar refractivity (Wildman–Crippen MR) is 58.3 cm³/mol. The molecule has 0 bridgehead atoms. The minimum absolute atomic E-state index is 0.0951. The highest BCUT2D eigenvalue weighted by Crippen LogP contribution is 2.23. The van der Waals surface area contributed by atoms with Crippen LogP contribution in [0.3, 0.4) is 0 Å². The summed E-state index contributed by atoms with van der Waals surface area (Å²) in [5.41, 5.74) is 0.276. The number of allylic oxidation sites excluding steroid dienone is 1. The van der Waals surface area contributed by atoms with Gasteiger partial charge in [-0.1, -0.05) is 6.08 Å². The van der Waals surface area contributed by atoms with Gasteiger partial charge in [0.05, 0.1) is 11.1 Å². The van der Waals surface area contributed by atoms with E-state index in [9.17, 15) is 9.90 Å². The second-order valence-electron chi connectivity index (χ2n) is 3.29. The van der Waals surface area contributed by atoms with E-state index in [0.717, 1.165) is 0 Å². The van der Waals surface area contributed by atoms with Gasteiger partial charge in [-0.15, -0.1) is 6.58 Å². The van der Waals surface area contributed by atoms with Crippen molar-refractivity contribution in [1.29, 1.82) is 5.26 Å². The number of rotatable bonds is 2. The summed E-state index contributed by atoms with van der Waals surface area (Å²) in [4.78, 5) is 11.9. The molecule has 0 radical (unpaired) electrons. The van der Waals surface area contributed by atoms with Crippen LogP contribution in [-0.4, -0.2) is 14.7 Å². The quantitative estimate of drug-likeness (QED) is 0.731. The molecule has 0 saturated heterocycles. The fraction of sp³-hybridized carbons (Fsp3) is 0.0909. The zero-order valence-electron chi connectivity index (χ0n) is 8.40. The number of nitrogens with one attached hydrogen (secondary N) is 1. The van der Waals surface area contributed by atoms with Crippen molar-refractivity contribution < 1.29 is 5.11 Å². The lowest BCUT2D eigenvalue weighted by Crippen LogP contribution is -2.19. The summed E-state index contributed by atoms with van der Waals surface area (Å²) in [7, 11) is 0. The molecule has 0 aliphatic rings. The third-order valence-electron chi connectivity index (χ3n) is 2.39. The Bertz CT molecular complexity index is 658. The molecule has 0 spiro atoms. The Morgan fingerprint density at radius 3 is 3.06 bits per heavy atom. The van der Waals surface area contributed by atoms with E-state index >= 15 is 0 Å². The van der Waals surface area contributed by atoms with Gasteiger partial charge < -0.3 is 5.11 Å². The van der Waals surface area contributed by atoms with E-state index < -0.39 is 0 Å². The molecule has 2 aromatic heterocycles. The van der Waals surface area contributed by atoms with E-state index in [1.54, 1.807) is 6.07 Å². The molecule has 80 valence electrons. The molecule has 2 aromatic rings. The zero-order chi connectivity index (χ0) is 11.7. The van der Waals surface area contributed by atoms with Crippen LogP contribution in [-0.2, 0) is 6.42 Å². The van der Waals surface area contributed by atoms with Gasteiger partial charge in [0.2, 0.25) is 0 Å². The van der Waals surface area contributed by atoms with Crippen LogP contribution in [0.1, 0.15) is 11.1 Å². The Balaban J connectivity index is 2.97. The van der Waals surface area contributed by atoms with Crippen LogP contribution in [0.5, 0.6) is 5.75 Å². The maximum Gasteiger partial charge on any atom is 0.276 e. The smallest absolute Gasteiger partial charge is 0.276 e. The first-order valence-corrected chi connectivity index (χ1v) is 4.65. The monoisotopic (exact) mass is 215 g/mol. The fourth-order valence-corrected chi connectivity index (χ4v) is 1.64. The van der Waals surface area contributed by atoms with Crippen molar-refractivity contribution in [1.82, 2.24) is 9.61 Å². The summed E-state index contributed by atoms with van der Waals surface area (Å²) in [6, 6.07) is 3.45. The molecule has 0 aliphatic heterocycles. The van der Waals surface area contributed by atoms with Gasteiger partial charge in [-0.3, -0.25) is 9.89 Å². The number of hydrogen-bond acceptors (Lipinski definition) is 3. The van der Waals surface area contributed by atoms with E-state index in [0.29, 0.717) is 5.52 Å². The minimum Gasteiger partial charge on any atom is -0.506 e. The normalized spacial score (nSPS) is 10.2. The van der Waals surface area contributed by atoms with Gasteiger partial charge >= 0.3 is 0 Å². The number of H-pyrrole nitrogens is 1. The second-order valence-corrected chi connectivity index (χ2v) is 3.29. The zero-order valence-corrected chi connectivity index (χ0v) is 8.40. The molecule has 0 aromatic carbocycles. The first-order valence-electron chi connectivity index (χ1n) is 4.65. The number of pyridine rings is 1. The third kappa shape index (κ3) is 1.21. The van der Waals surface area contributed by atoms with Gasteiger partial charge in [-0.05, 0) is 12.5 Å². The Morgan fingerprint density at radius 2 is 2.44 bits per heavy atom. The summed E-state index contributed by atoms with van der Waals surface area (Å²) in [5, 5.41) is 21.5. The maximum absolute atomic E-state index is 11.9. The second kappa shape index (κ2) is 3.59. The molecular weight excluding hydrogens is 206 g/mol. The van der Waals surface area contributed by atoms with E-state index in [1.807, 2.05) is 6.07 Å². The number of aromatic nitrogens is 2. The van der Waals surface area contributed by atoms with Crippen LogP contribution in [0, 0.1) is 11.3 Å². The van der Waals surface area contributed by atoms with Gasteiger partial charge in [0, 0.05) is 6.20 Å². The van der Waals surface area contributed by atoms with E-state index in [1.165, 1.54) is 16.8 Å². The van der Waals surface area contributed by atoms with Crippen molar-refractivity contribution >= 4 is 5.52 Å². The van der Waals surface area contributed by atoms with Gasteiger partial charge in [-0.2, -0.15) is 5.26 Å². The standard InChI is InChI=1S/C11H9N3O2/c1-2-3-7-10(15)8(6-12)9-4-5-13-14(9)11(7)16/h2,4-5,13,15H,1,3H2. The Kier molecular flexibility index (Phi) is 2.25. The number of nitrogens with zero attached hydrogens (tertiary/aromatic N) is 2. The maximum atomic E-state index is 11.9. The van der Waals surface area contributed by atoms with Crippen LogP contribution >= 0.6 is 0 Å². The van der Waals surface area contributed by atoms with Crippen LogP contribution < -0.4 is 5.56 Å². The van der Waals surface area contributed by atoms with Crippen LogP contribution in [0.25, 0.3) is 5.52 Å². The van der Waals surface area contributed by atoms with Crippen molar-refractivity contribution in [3.05, 3.63) is 46.4 Å². The molecule has 2 heterocycles. The van der Waals surface area contributed by atoms with Gasteiger partial charge in [0.15, 0.2) is 0 Å². The first-order chi connectivity index (χ1) is 7.70. The lowest BCUT2D eigenvalue weighted by atomic mass is 10.1. The molecule has 2 N–H and O–H groups in total. The Labute approximate surface area is 90.9 Å². The average Bonchev–Trinajstić information content (AvgIpc) is 2.74. The molecular formula is C11H9N3O2. The number of aromatic amines is 1. The molecule has 2 rings (SSSR count). The van der Waals surface area contributed by atoms with Gasteiger partial charge in [0.25, 0.3) is 5.56 Å². The van der Waals surface area contributed by atoms with Gasteiger partial charge in [-0.25, -0.2) is 4.52 Å². The Hall–Kier alpha value is -2.48. The highest BCUT2D eigenvalue weighted by molar-refractivity contribution is 5.67. The average molecular weight is 215 g/mol. The minimum atomic E-state index is -0.364. The van der Waals surface area contributed by atoms with Crippen LogP contribution in [0.2, 0.25) is 0 Å². The van der Waals surface area contributed by atoms with Crippen molar-refractivity contribution in [3.63, 3.8) is 0 Å². The summed E-state index contributed by atoms with van der Waals surface area (Å²) < 4.78 is 1.23. The molecule has 0 unspecified atom stereocenters. The Morgan fingerprint density at radius 1 is 1.69 bits per heavy atom. The first kappa shape index (κ1) is 10.1. The highest BCUT2D eigenvalue weighted by Gasteiger charge is 2.16. The molecule has 0 amide bonds. The largest absolute Gasteiger partial charge is 0.506 e. The number of hydrogen-bond donors (Lipinski definition) is 2. The number of fused-ring (bicyclic) bond motifs is 1. The van der Waals surface area contributed by atoms with Crippen LogP contribution in [0.15, 0.2) is 29.7 Å². The SMILES string of the molecule is C=CCc1c(O)c(C#N)c2cc[nH]n2c1=O. The predicted octanol–water partition coefficient (Wildman–Crippen LogP) is 0.933. The summed E-state index contributed by atoms with van der Waals surface area (Å²) in [6.07, 6.45) is 3.27. The van der Waals surface area contributed by atoms with E-state index in [2.05, 4.69) is 11.7 Å². The number of nitriles is 1. The van der Waals surface area contributed by atoms with Gasteiger partial charge in [0.1, 0.15) is 17.4 Å². The van der Waals surface area contributed by atoms with Crippen molar-refractivity contribution in [2.75, 3.05) is 0 Å². The fourth-order valence-electron chi connectivity index (χ4n) is 1.64. The third-order valence-corrected chi connectivity index (χ3v) is 2.39. The lowest BCUT2D eigenvalue weighted by Gasteiger charge is -2.04. The molecule has 5 nitrogen and oxygen atoms in total. The molecule has 0 saturated carbocycles. The van der Waals surface area contributed by atoms with Crippen molar-refractivity contribution in [3.8, 4) is 11.8 Å². The highest BCUT2D eigenvalue weighted by atomic mass is 16.3. The molecule has 0 aliphatic carbocycles. The topological polar surface area (TPSA) is 81.3 Å². The van der Waals surface area contributed by atoms with Crippen molar-refractivity contribution in [2.24, 2.45) is 0 Å². The number of aromatic hydroxyl groups is 1. The van der Waals surface area contributed by atoms with E-state index in [4.69, 9.17) is 5.26 Å². The summed E-state index contributed by atoms with van der Waals surface area (Å²) in [6.45, 7) is 3.51. The molecule has 5 heteroatoms. The summed E-state index contributed by atoms with van der Waals surface area (Å²) >= 11 is 0.